The molecule has 19 heavy (non-hydrogen) atoms. The summed E-state index contributed by atoms with van der Waals surface area (Å²) in [6, 6.07) is 4.34. The van der Waals surface area contributed by atoms with E-state index < -0.39 is 0 Å². The van der Waals surface area contributed by atoms with Gasteiger partial charge in [-0.25, -0.2) is 0 Å². The largest absolute Gasteiger partial charge is 0.507 e. The molecule has 1 unspecified atom stereocenters. The standard InChI is InChI=1S/C17H29NO/c1-11(18)8-12-9-13(16(2,3)4)15(19)14(10-12)17(5,6)7/h9-11,19H,8,18H2,1-7H3. The van der Waals surface area contributed by atoms with E-state index in [0.29, 0.717) is 5.75 Å². The first-order chi connectivity index (χ1) is 8.43. The van der Waals surface area contributed by atoms with Gasteiger partial charge in [-0.3, -0.25) is 0 Å². The molecular formula is C17H29NO. The van der Waals surface area contributed by atoms with Crippen molar-refractivity contribution >= 4 is 0 Å². The smallest absolute Gasteiger partial charge is 0.123 e. The van der Waals surface area contributed by atoms with Crippen molar-refractivity contribution in [1.29, 1.82) is 0 Å². The second kappa shape index (κ2) is 5.16. The number of hydrogen-bond donors (Lipinski definition) is 2. The van der Waals surface area contributed by atoms with Gasteiger partial charge in [-0.15, -0.1) is 0 Å². The van der Waals surface area contributed by atoms with Crippen molar-refractivity contribution in [3.63, 3.8) is 0 Å². The molecular weight excluding hydrogens is 234 g/mol. The number of aromatic hydroxyl groups is 1. The van der Waals surface area contributed by atoms with Crippen molar-refractivity contribution in [2.24, 2.45) is 5.73 Å². The van der Waals surface area contributed by atoms with E-state index in [1.807, 2.05) is 6.92 Å². The molecule has 0 spiro atoms. The van der Waals surface area contributed by atoms with Gasteiger partial charge in [0.1, 0.15) is 5.75 Å². The van der Waals surface area contributed by atoms with Crippen molar-refractivity contribution in [3.8, 4) is 5.75 Å². The normalized spacial score (nSPS) is 14.5. The van der Waals surface area contributed by atoms with Gasteiger partial charge in [0.15, 0.2) is 0 Å². The predicted octanol–water partition coefficient (Wildman–Crippen LogP) is 3.88. The van der Waals surface area contributed by atoms with Crippen molar-refractivity contribution in [3.05, 3.63) is 28.8 Å². The Morgan fingerprint density at radius 3 is 1.63 bits per heavy atom. The Morgan fingerprint density at radius 2 is 1.37 bits per heavy atom. The molecule has 0 saturated carbocycles. The summed E-state index contributed by atoms with van der Waals surface area (Å²) in [5.74, 6) is 0.438. The Kier molecular flexibility index (Phi) is 4.36. The topological polar surface area (TPSA) is 46.2 Å². The molecule has 1 aromatic carbocycles. The molecule has 0 amide bonds. The predicted molar refractivity (Wildman–Crippen MR) is 82.9 cm³/mol. The van der Waals surface area contributed by atoms with Crippen LogP contribution in [-0.4, -0.2) is 11.1 Å². The van der Waals surface area contributed by atoms with Gasteiger partial charge in [0.25, 0.3) is 0 Å². The summed E-state index contributed by atoms with van der Waals surface area (Å²) < 4.78 is 0. The second-order valence-corrected chi connectivity index (χ2v) is 7.72. The van der Waals surface area contributed by atoms with Crippen LogP contribution in [0.4, 0.5) is 0 Å². The Bertz CT molecular complexity index is 412. The van der Waals surface area contributed by atoms with Crippen molar-refractivity contribution < 1.29 is 5.11 Å². The molecule has 0 heterocycles. The summed E-state index contributed by atoms with van der Waals surface area (Å²) in [7, 11) is 0. The quantitative estimate of drug-likeness (QED) is 0.850. The zero-order valence-corrected chi connectivity index (χ0v) is 13.5. The molecule has 2 nitrogen and oxygen atoms in total. The number of phenols is 1. The van der Waals surface area contributed by atoms with E-state index in [2.05, 4.69) is 53.7 Å². The van der Waals surface area contributed by atoms with Gasteiger partial charge in [0, 0.05) is 6.04 Å². The van der Waals surface area contributed by atoms with Crippen molar-refractivity contribution in [2.75, 3.05) is 0 Å². The van der Waals surface area contributed by atoms with Crippen molar-refractivity contribution in [1.82, 2.24) is 0 Å². The molecule has 0 aliphatic rings. The summed E-state index contributed by atoms with van der Waals surface area (Å²) in [4.78, 5) is 0. The highest BCUT2D eigenvalue weighted by atomic mass is 16.3. The number of hydrogen-bond acceptors (Lipinski definition) is 2. The number of rotatable bonds is 2. The minimum Gasteiger partial charge on any atom is -0.507 e. The molecule has 0 bridgehead atoms. The highest BCUT2D eigenvalue weighted by Crippen LogP contribution is 2.39. The van der Waals surface area contributed by atoms with Crippen LogP contribution >= 0.6 is 0 Å². The molecule has 0 aromatic heterocycles. The third-order valence-corrected chi connectivity index (χ3v) is 3.34. The maximum Gasteiger partial charge on any atom is 0.123 e. The molecule has 0 aliphatic carbocycles. The van der Waals surface area contributed by atoms with E-state index in [9.17, 15) is 5.11 Å². The van der Waals surface area contributed by atoms with Crippen LogP contribution in [0.5, 0.6) is 5.75 Å². The summed E-state index contributed by atoms with van der Waals surface area (Å²) >= 11 is 0. The van der Waals surface area contributed by atoms with Crippen LogP contribution < -0.4 is 5.73 Å². The van der Waals surface area contributed by atoms with E-state index >= 15 is 0 Å². The van der Waals surface area contributed by atoms with E-state index in [0.717, 1.165) is 17.5 Å². The fourth-order valence-electron chi connectivity index (χ4n) is 2.33. The lowest BCUT2D eigenvalue weighted by molar-refractivity contribution is 0.422. The summed E-state index contributed by atoms with van der Waals surface area (Å²) in [5, 5.41) is 10.6. The minimum absolute atomic E-state index is 0.0715. The van der Waals surface area contributed by atoms with Crippen LogP contribution in [0.1, 0.15) is 65.2 Å². The van der Waals surface area contributed by atoms with Gasteiger partial charge in [-0.05, 0) is 40.9 Å². The van der Waals surface area contributed by atoms with Gasteiger partial charge in [0.2, 0.25) is 0 Å². The first kappa shape index (κ1) is 16.0. The minimum atomic E-state index is -0.0715. The van der Waals surface area contributed by atoms with Crippen LogP contribution in [0, 0.1) is 0 Å². The zero-order chi connectivity index (χ0) is 15.0. The monoisotopic (exact) mass is 263 g/mol. The number of nitrogens with two attached hydrogens (primary N) is 1. The molecule has 0 fully saturated rings. The highest BCUT2D eigenvalue weighted by Gasteiger charge is 2.26. The number of phenolic OH excluding ortho intramolecular Hbond substituents is 1. The second-order valence-electron chi connectivity index (χ2n) is 7.72. The van der Waals surface area contributed by atoms with E-state index in [1.54, 1.807) is 0 Å². The summed E-state index contributed by atoms with van der Waals surface area (Å²) in [6.45, 7) is 14.8. The molecule has 3 N–H and O–H groups in total. The first-order valence-corrected chi connectivity index (χ1v) is 7.05. The van der Waals surface area contributed by atoms with Gasteiger partial charge in [0.05, 0.1) is 0 Å². The van der Waals surface area contributed by atoms with Crippen LogP contribution in [0.3, 0.4) is 0 Å². The fraction of sp³-hybridized carbons (Fsp3) is 0.647. The molecule has 1 rings (SSSR count). The molecule has 108 valence electrons. The van der Waals surface area contributed by atoms with Gasteiger partial charge >= 0.3 is 0 Å². The third-order valence-electron chi connectivity index (χ3n) is 3.34. The van der Waals surface area contributed by atoms with Crippen LogP contribution in [0.2, 0.25) is 0 Å². The molecule has 0 saturated heterocycles. The Balaban J connectivity index is 3.48. The van der Waals surface area contributed by atoms with E-state index in [4.69, 9.17) is 5.73 Å². The van der Waals surface area contributed by atoms with Crippen LogP contribution in [0.15, 0.2) is 12.1 Å². The third kappa shape index (κ3) is 3.97. The van der Waals surface area contributed by atoms with Crippen molar-refractivity contribution in [2.45, 2.75) is 71.8 Å². The Morgan fingerprint density at radius 1 is 1.00 bits per heavy atom. The van der Waals surface area contributed by atoms with Crippen LogP contribution in [0.25, 0.3) is 0 Å². The SMILES string of the molecule is CC(N)Cc1cc(C(C)(C)C)c(O)c(C(C)(C)C)c1. The highest BCUT2D eigenvalue weighted by molar-refractivity contribution is 5.50. The average Bonchev–Trinajstić information content (AvgIpc) is 2.16. The lowest BCUT2D eigenvalue weighted by atomic mass is 9.78. The van der Waals surface area contributed by atoms with E-state index in [1.165, 1.54) is 5.56 Å². The van der Waals surface area contributed by atoms with Gasteiger partial charge in [-0.1, -0.05) is 53.7 Å². The summed E-state index contributed by atoms with van der Waals surface area (Å²) in [6.07, 6.45) is 0.840. The van der Waals surface area contributed by atoms with Crippen LogP contribution in [-0.2, 0) is 17.3 Å². The average molecular weight is 263 g/mol. The van der Waals surface area contributed by atoms with Gasteiger partial charge < -0.3 is 10.8 Å². The molecule has 0 radical (unpaired) electrons. The van der Waals surface area contributed by atoms with Gasteiger partial charge in [-0.2, -0.15) is 0 Å². The molecule has 0 aliphatic heterocycles. The Hall–Kier alpha value is -1.02. The van der Waals surface area contributed by atoms with E-state index in [-0.39, 0.29) is 16.9 Å². The molecule has 2 heteroatoms. The Labute approximate surface area is 118 Å². The summed E-state index contributed by atoms with van der Waals surface area (Å²) in [5.41, 5.74) is 9.01. The molecule has 1 aromatic rings. The maximum atomic E-state index is 10.6. The molecule has 1 atom stereocenters. The first-order valence-electron chi connectivity index (χ1n) is 7.05. The lowest BCUT2D eigenvalue weighted by Gasteiger charge is -2.28. The zero-order valence-electron chi connectivity index (χ0n) is 13.5. The maximum absolute atomic E-state index is 10.6. The number of benzene rings is 1. The lowest BCUT2D eigenvalue weighted by Crippen LogP contribution is -2.21. The fourth-order valence-corrected chi connectivity index (χ4v) is 2.33.